The third-order valence-electron chi connectivity index (χ3n) is 6.30. The predicted molar refractivity (Wildman–Crippen MR) is 131 cm³/mol. The van der Waals surface area contributed by atoms with E-state index in [0.29, 0.717) is 42.6 Å². The molecule has 4 rings (SSSR count). The number of methoxy groups -OCH3 is 2. The van der Waals surface area contributed by atoms with Crippen molar-refractivity contribution in [2.45, 2.75) is 38.6 Å². The lowest BCUT2D eigenvalue weighted by Crippen LogP contribution is -2.41. The van der Waals surface area contributed by atoms with Gasteiger partial charge in [0.05, 0.1) is 20.3 Å². The number of rotatable bonds is 10. The Morgan fingerprint density at radius 2 is 2.03 bits per heavy atom. The molecular formula is C25H32N4O4S. The molecule has 0 saturated carbocycles. The topological polar surface area (TPSA) is 89.7 Å². The van der Waals surface area contributed by atoms with Crippen molar-refractivity contribution in [1.82, 2.24) is 20.4 Å². The molecule has 1 aliphatic rings. The van der Waals surface area contributed by atoms with Crippen LogP contribution in [0.25, 0.3) is 11.4 Å². The number of hydrogen-bond donors (Lipinski definition) is 1. The Kier molecular flexibility index (Phi) is 8.18. The molecule has 1 atom stereocenters. The first kappa shape index (κ1) is 24.2. The van der Waals surface area contributed by atoms with Gasteiger partial charge in [-0.05, 0) is 61.5 Å². The van der Waals surface area contributed by atoms with Crippen LogP contribution in [0.2, 0.25) is 0 Å². The van der Waals surface area contributed by atoms with Gasteiger partial charge in [-0.1, -0.05) is 18.1 Å². The number of nitrogens with one attached hydrogen (secondary N) is 1. The first-order chi connectivity index (χ1) is 16.6. The first-order valence-electron chi connectivity index (χ1n) is 11.7. The molecule has 9 heteroatoms. The van der Waals surface area contributed by atoms with Crippen LogP contribution in [0.4, 0.5) is 0 Å². The van der Waals surface area contributed by atoms with Crippen molar-refractivity contribution in [3.05, 3.63) is 46.5 Å². The van der Waals surface area contributed by atoms with Gasteiger partial charge < -0.3 is 19.3 Å². The van der Waals surface area contributed by atoms with E-state index in [0.717, 1.165) is 24.6 Å². The molecule has 1 unspecified atom stereocenters. The largest absolute Gasteiger partial charge is 0.493 e. The third-order valence-corrected chi connectivity index (χ3v) is 7.27. The average molecular weight is 485 g/mol. The average Bonchev–Trinajstić information content (AvgIpc) is 3.56. The first-order valence-corrected chi connectivity index (χ1v) is 12.5. The highest BCUT2D eigenvalue weighted by molar-refractivity contribution is 7.10. The minimum atomic E-state index is -0.0159. The summed E-state index contributed by atoms with van der Waals surface area (Å²) in [5.74, 6) is 2.86. The number of aromatic nitrogens is 2. The fraction of sp³-hybridized carbons (Fsp3) is 0.480. The van der Waals surface area contributed by atoms with Gasteiger partial charge in [0.1, 0.15) is 0 Å². The number of likely N-dealkylation sites (tertiary alicyclic amines) is 1. The summed E-state index contributed by atoms with van der Waals surface area (Å²) in [6.07, 6.45) is 3.09. The van der Waals surface area contributed by atoms with Gasteiger partial charge in [-0.3, -0.25) is 9.69 Å². The van der Waals surface area contributed by atoms with Gasteiger partial charge in [0, 0.05) is 29.8 Å². The molecule has 0 bridgehead atoms. The zero-order valence-corrected chi connectivity index (χ0v) is 20.8. The Morgan fingerprint density at radius 1 is 1.24 bits per heavy atom. The molecule has 0 radical (unpaired) electrons. The van der Waals surface area contributed by atoms with E-state index in [1.807, 2.05) is 6.07 Å². The number of nitrogens with zero attached hydrogens (tertiary/aromatic N) is 3. The number of aryl methyl sites for hydroxylation is 1. The molecule has 1 fully saturated rings. The van der Waals surface area contributed by atoms with Gasteiger partial charge in [0.15, 0.2) is 11.5 Å². The number of carbonyl (C=O) groups excluding carboxylic acids is 1. The quantitative estimate of drug-likeness (QED) is 0.458. The lowest BCUT2D eigenvalue weighted by molar-refractivity contribution is -0.121. The van der Waals surface area contributed by atoms with Crippen LogP contribution < -0.4 is 14.8 Å². The summed E-state index contributed by atoms with van der Waals surface area (Å²) in [5.41, 5.74) is 0.756. The zero-order valence-electron chi connectivity index (χ0n) is 20.0. The van der Waals surface area contributed by atoms with Crippen LogP contribution in [0.3, 0.4) is 0 Å². The standard InChI is InChI=1S/C25H32N4O4S/c1-17-10-12-29(13-11-17)19(22-5-4-14-34-22)16-26-23(30)8-9-24-27-25(28-33-24)18-6-7-20(31-2)21(15-18)32-3/h4-7,14-15,17,19H,8-13,16H2,1-3H3,(H,26,30). The fourth-order valence-corrected chi connectivity index (χ4v) is 5.06. The second-order valence-corrected chi connectivity index (χ2v) is 9.61. The summed E-state index contributed by atoms with van der Waals surface area (Å²) in [6.45, 7) is 5.06. The van der Waals surface area contributed by atoms with Crippen molar-refractivity contribution in [3.8, 4) is 22.9 Å². The van der Waals surface area contributed by atoms with Crippen LogP contribution in [0, 0.1) is 5.92 Å². The number of piperidine rings is 1. The summed E-state index contributed by atoms with van der Waals surface area (Å²) in [7, 11) is 3.17. The number of ether oxygens (including phenoxy) is 2. The predicted octanol–water partition coefficient (Wildman–Crippen LogP) is 4.34. The smallest absolute Gasteiger partial charge is 0.227 e. The molecule has 3 heterocycles. The van der Waals surface area contributed by atoms with Crippen molar-refractivity contribution in [3.63, 3.8) is 0 Å². The number of amides is 1. The Bertz CT molecular complexity index is 1060. The maximum absolute atomic E-state index is 12.6. The second-order valence-electron chi connectivity index (χ2n) is 8.64. The van der Waals surface area contributed by atoms with Gasteiger partial charge in [0.25, 0.3) is 0 Å². The van der Waals surface area contributed by atoms with Crippen LogP contribution in [-0.4, -0.2) is 54.8 Å². The number of carbonyl (C=O) groups is 1. The van der Waals surface area contributed by atoms with Crippen molar-refractivity contribution >= 4 is 17.2 Å². The molecule has 2 aromatic heterocycles. The SMILES string of the molecule is COc1ccc(-c2noc(CCC(=O)NCC(c3cccs3)N3CCC(C)CC3)n2)cc1OC. The van der Waals surface area contributed by atoms with E-state index in [1.54, 1.807) is 37.7 Å². The van der Waals surface area contributed by atoms with E-state index in [2.05, 4.69) is 44.8 Å². The maximum atomic E-state index is 12.6. The van der Waals surface area contributed by atoms with Crippen LogP contribution in [-0.2, 0) is 11.2 Å². The summed E-state index contributed by atoms with van der Waals surface area (Å²) in [5, 5.41) is 9.27. The lowest BCUT2D eigenvalue weighted by Gasteiger charge is -2.36. The van der Waals surface area contributed by atoms with Gasteiger partial charge in [-0.2, -0.15) is 4.98 Å². The van der Waals surface area contributed by atoms with Crippen molar-refractivity contribution in [1.29, 1.82) is 0 Å². The second kappa shape index (κ2) is 11.5. The molecule has 34 heavy (non-hydrogen) atoms. The Labute approximate surface area is 204 Å². The van der Waals surface area contributed by atoms with E-state index >= 15 is 0 Å². The summed E-state index contributed by atoms with van der Waals surface area (Å²) < 4.78 is 16.0. The lowest BCUT2D eigenvalue weighted by atomic mass is 9.97. The molecule has 1 aromatic carbocycles. The molecular weight excluding hydrogens is 452 g/mol. The van der Waals surface area contributed by atoms with Crippen molar-refractivity contribution in [2.24, 2.45) is 5.92 Å². The van der Waals surface area contributed by atoms with Gasteiger partial charge >= 0.3 is 0 Å². The van der Waals surface area contributed by atoms with E-state index in [-0.39, 0.29) is 11.9 Å². The minimum absolute atomic E-state index is 0.0159. The van der Waals surface area contributed by atoms with Crippen LogP contribution in [0.5, 0.6) is 11.5 Å². The molecule has 8 nitrogen and oxygen atoms in total. The van der Waals surface area contributed by atoms with Crippen LogP contribution >= 0.6 is 11.3 Å². The van der Waals surface area contributed by atoms with E-state index in [9.17, 15) is 4.79 Å². The van der Waals surface area contributed by atoms with Gasteiger partial charge in [-0.25, -0.2) is 0 Å². The van der Waals surface area contributed by atoms with Crippen LogP contribution in [0.15, 0.2) is 40.2 Å². The van der Waals surface area contributed by atoms with E-state index in [1.165, 1.54) is 17.7 Å². The van der Waals surface area contributed by atoms with Crippen molar-refractivity contribution in [2.75, 3.05) is 33.9 Å². The summed E-state index contributed by atoms with van der Waals surface area (Å²) in [4.78, 5) is 20.8. The molecule has 182 valence electrons. The molecule has 1 amide bonds. The van der Waals surface area contributed by atoms with Crippen molar-refractivity contribution < 1.29 is 18.8 Å². The number of benzene rings is 1. The Balaban J connectivity index is 1.31. The normalized spacial score (nSPS) is 15.7. The Hall–Kier alpha value is -2.91. The molecule has 3 aromatic rings. The monoisotopic (exact) mass is 484 g/mol. The zero-order chi connectivity index (χ0) is 23.9. The third kappa shape index (κ3) is 5.95. The van der Waals surface area contributed by atoms with E-state index in [4.69, 9.17) is 14.0 Å². The highest BCUT2D eigenvalue weighted by atomic mass is 32.1. The van der Waals surface area contributed by atoms with Gasteiger partial charge in [0.2, 0.25) is 17.6 Å². The molecule has 1 N–H and O–H groups in total. The Morgan fingerprint density at radius 3 is 2.74 bits per heavy atom. The molecule has 0 spiro atoms. The fourth-order valence-electron chi connectivity index (χ4n) is 4.20. The molecule has 1 saturated heterocycles. The number of thiophene rings is 1. The molecule has 0 aliphatic carbocycles. The highest BCUT2D eigenvalue weighted by Gasteiger charge is 2.25. The maximum Gasteiger partial charge on any atom is 0.227 e. The molecule has 1 aliphatic heterocycles. The van der Waals surface area contributed by atoms with E-state index < -0.39 is 0 Å². The van der Waals surface area contributed by atoms with Gasteiger partial charge in [-0.15, -0.1) is 11.3 Å². The number of hydrogen-bond acceptors (Lipinski definition) is 8. The summed E-state index contributed by atoms with van der Waals surface area (Å²) in [6, 6.07) is 9.89. The minimum Gasteiger partial charge on any atom is -0.493 e. The van der Waals surface area contributed by atoms with Crippen LogP contribution in [0.1, 0.15) is 43.0 Å². The highest BCUT2D eigenvalue weighted by Crippen LogP contribution is 2.31. The summed E-state index contributed by atoms with van der Waals surface area (Å²) >= 11 is 1.75.